The van der Waals surface area contributed by atoms with Crippen molar-refractivity contribution < 1.29 is 17.3 Å². The maximum absolute atomic E-state index is 11.1. The topological polar surface area (TPSA) is 52.6 Å². The van der Waals surface area contributed by atoms with Gasteiger partial charge < -0.3 is 4.74 Å². The quantitative estimate of drug-likeness (QED) is 0.770. The lowest BCUT2D eigenvalue weighted by Gasteiger charge is -2.25. The Balaban J connectivity index is 2.20. The third kappa shape index (κ3) is 2.98. The molecule has 0 amide bonds. The van der Waals surface area contributed by atoms with Gasteiger partial charge in [-0.15, -0.1) is 0 Å². The van der Waals surface area contributed by atoms with Gasteiger partial charge >= 0.3 is 0 Å². The molecule has 0 unspecified atom stereocenters. The minimum atomic E-state index is -3.37. The van der Waals surface area contributed by atoms with Gasteiger partial charge in [0.1, 0.15) is 5.75 Å². The Hall–Kier alpha value is -1.07. The minimum Gasteiger partial charge on any atom is -0.496 e. The molecule has 17 heavy (non-hydrogen) atoms. The zero-order valence-corrected chi connectivity index (χ0v) is 10.8. The lowest BCUT2D eigenvalue weighted by Crippen LogP contribution is -2.25. The van der Waals surface area contributed by atoms with Gasteiger partial charge in [0.25, 0.3) is 10.1 Å². The molecule has 1 aromatic rings. The minimum absolute atomic E-state index is 0.246. The number of hydrogen-bond acceptors (Lipinski definition) is 4. The van der Waals surface area contributed by atoms with Crippen LogP contribution in [0.3, 0.4) is 0 Å². The molecular formula is C12H16O4S. The van der Waals surface area contributed by atoms with E-state index in [0.717, 1.165) is 24.0 Å². The fraction of sp³-hybridized carbons (Fsp3) is 0.500. The summed E-state index contributed by atoms with van der Waals surface area (Å²) in [7, 11) is -1.73. The molecule has 4 nitrogen and oxygen atoms in total. The second kappa shape index (κ2) is 4.66. The Morgan fingerprint density at radius 2 is 2.12 bits per heavy atom. The normalized spacial score (nSPS) is 19.8. The maximum atomic E-state index is 11.1. The fourth-order valence-corrected chi connectivity index (χ4v) is 2.92. The van der Waals surface area contributed by atoms with Crippen molar-refractivity contribution in [1.82, 2.24) is 0 Å². The van der Waals surface area contributed by atoms with Crippen molar-refractivity contribution in [3.8, 4) is 5.75 Å². The van der Waals surface area contributed by atoms with Crippen molar-refractivity contribution in [1.29, 1.82) is 0 Å². The van der Waals surface area contributed by atoms with Crippen LogP contribution in [0.4, 0.5) is 0 Å². The van der Waals surface area contributed by atoms with E-state index in [1.807, 2.05) is 18.2 Å². The van der Waals surface area contributed by atoms with Gasteiger partial charge in [-0.05, 0) is 30.0 Å². The Morgan fingerprint density at radius 3 is 2.76 bits per heavy atom. The average Bonchev–Trinajstić information content (AvgIpc) is 2.25. The average molecular weight is 256 g/mol. The first-order valence-corrected chi connectivity index (χ1v) is 7.34. The summed E-state index contributed by atoms with van der Waals surface area (Å²) < 4.78 is 32.5. The highest BCUT2D eigenvalue weighted by Gasteiger charge is 2.24. The highest BCUT2D eigenvalue weighted by Crippen LogP contribution is 2.30. The zero-order chi connectivity index (χ0) is 12.5. The fourth-order valence-electron chi connectivity index (χ4n) is 2.26. The van der Waals surface area contributed by atoms with Crippen molar-refractivity contribution >= 4 is 10.1 Å². The van der Waals surface area contributed by atoms with E-state index in [-0.39, 0.29) is 6.10 Å². The molecule has 0 saturated heterocycles. The van der Waals surface area contributed by atoms with E-state index >= 15 is 0 Å². The predicted molar refractivity (Wildman–Crippen MR) is 64.7 cm³/mol. The lowest BCUT2D eigenvalue weighted by molar-refractivity contribution is 0.193. The Bertz CT molecular complexity index is 507. The van der Waals surface area contributed by atoms with Gasteiger partial charge in [0.2, 0.25) is 0 Å². The molecule has 1 aliphatic carbocycles. The third-order valence-electron chi connectivity index (χ3n) is 2.92. The van der Waals surface area contributed by atoms with Crippen LogP contribution in [0.2, 0.25) is 0 Å². The van der Waals surface area contributed by atoms with Gasteiger partial charge in [-0.2, -0.15) is 8.42 Å². The summed E-state index contributed by atoms with van der Waals surface area (Å²) in [5.41, 5.74) is 2.28. The molecule has 94 valence electrons. The SMILES string of the molecule is COc1cccc2c1CC[C@H](OS(C)(=O)=O)C2. The second-order valence-corrected chi connectivity index (χ2v) is 5.86. The highest BCUT2D eigenvalue weighted by atomic mass is 32.2. The van der Waals surface area contributed by atoms with Crippen LogP contribution in [0.5, 0.6) is 5.75 Å². The molecule has 0 N–H and O–H groups in total. The van der Waals surface area contributed by atoms with E-state index in [1.54, 1.807) is 7.11 Å². The van der Waals surface area contributed by atoms with Gasteiger partial charge in [0.15, 0.2) is 0 Å². The standard InChI is InChI=1S/C12H16O4S/c1-15-12-5-3-4-9-8-10(6-7-11(9)12)16-17(2,13)14/h3-5,10H,6-8H2,1-2H3/t10-/m0/s1. The van der Waals surface area contributed by atoms with Gasteiger partial charge in [-0.25, -0.2) is 0 Å². The number of benzene rings is 1. The van der Waals surface area contributed by atoms with Gasteiger partial charge in [0, 0.05) is 6.42 Å². The number of ether oxygens (including phenoxy) is 1. The van der Waals surface area contributed by atoms with E-state index in [9.17, 15) is 8.42 Å². The summed E-state index contributed by atoms with van der Waals surface area (Å²) >= 11 is 0. The van der Waals surface area contributed by atoms with Crippen LogP contribution in [-0.4, -0.2) is 27.9 Å². The Kier molecular flexibility index (Phi) is 3.40. The molecule has 0 heterocycles. The van der Waals surface area contributed by atoms with Crippen LogP contribution in [0, 0.1) is 0 Å². The third-order valence-corrected chi connectivity index (χ3v) is 3.55. The summed E-state index contributed by atoms with van der Waals surface area (Å²) in [5.74, 6) is 0.875. The molecular weight excluding hydrogens is 240 g/mol. The molecule has 2 rings (SSSR count). The Labute approximate surface area is 102 Å². The van der Waals surface area contributed by atoms with E-state index < -0.39 is 10.1 Å². The van der Waals surface area contributed by atoms with Crippen LogP contribution < -0.4 is 4.74 Å². The molecule has 5 heteroatoms. The molecule has 0 fully saturated rings. The zero-order valence-electron chi connectivity index (χ0n) is 9.97. The van der Waals surface area contributed by atoms with Crippen molar-refractivity contribution in [3.63, 3.8) is 0 Å². The second-order valence-electron chi connectivity index (χ2n) is 4.26. The van der Waals surface area contributed by atoms with Crippen molar-refractivity contribution in [2.45, 2.75) is 25.4 Å². The molecule has 1 aliphatic rings. The van der Waals surface area contributed by atoms with Crippen LogP contribution in [0.25, 0.3) is 0 Å². The molecule has 0 aromatic heterocycles. The number of hydrogen-bond donors (Lipinski definition) is 0. The first-order chi connectivity index (χ1) is 7.99. The summed E-state index contributed by atoms with van der Waals surface area (Å²) in [6.07, 6.45) is 2.97. The van der Waals surface area contributed by atoms with E-state index in [2.05, 4.69) is 0 Å². The van der Waals surface area contributed by atoms with Crippen LogP contribution in [0.15, 0.2) is 18.2 Å². The van der Waals surface area contributed by atoms with Gasteiger partial charge in [0.05, 0.1) is 19.5 Å². The summed E-state index contributed by atoms with van der Waals surface area (Å²) in [6.45, 7) is 0. The summed E-state index contributed by atoms with van der Waals surface area (Å²) in [6, 6.07) is 5.84. The largest absolute Gasteiger partial charge is 0.496 e. The molecule has 1 aromatic carbocycles. The molecule has 0 aliphatic heterocycles. The smallest absolute Gasteiger partial charge is 0.264 e. The van der Waals surface area contributed by atoms with E-state index in [4.69, 9.17) is 8.92 Å². The number of fused-ring (bicyclic) bond motifs is 1. The van der Waals surface area contributed by atoms with E-state index in [0.29, 0.717) is 12.8 Å². The monoisotopic (exact) mass is 256 g/mol. The van der Waals surface area contributed by atoms with Crippen molar-refractivity contribution in [2.24, 2.45) is 0 Å². The first-order valence-electron chi connectivity index (χ1n) is 5.52. The highest BCUT2D eigenvalue weighted by molar-refractivity contribution is 7.86. The molecule has 0 spiro atoms. The maximum Gasteiger partial charge on any atom is 0.264 e. The van der Waals surface area contributed by atoms with E-state index in [1.165, 1.54) is 5.56 Å². The predicted octanol–water partition coefficient (Wildman–Crippen LogP) is 1.53. The van der Waals surface area contributed by atoms with Crippen LogP contribution >= 0.6 is 0 Å². The number of methoxy groups -OCH3 is 1. The molecule has 0 radical (unpaired) electrons. The van der Waals surface area contributed by atoms with Crippen LogP contribution in [-0.2, 0) is 27.1 Å². The van der Waals surface area contributed by atoms with Crippen molar-refractivity contribution in [2.75, 3.05) is 13.4 Å². The molecule has 1 atom stereocenters. The van der Waals surface area contributed by atoms with Gasteiger partial charge in [-0.1, -0.05) is 12.1 Å². The number of rotatable bonds is 3. The first kappa shape index (κ1) is 12.4. The summed E-state index contributed by atoms with van der Waals surface area (Å²) in [4.78, 5) is 0. The summed E-state index contributed by atoms with van der Waals surface area (Å²) in [5, 5.41) is 0. The molecule has 0 saturated carbocycles. The van der Waals surface area contributed by atoms with Crippen LogP contribution in [0.1, 0.15) is 17.5 Å². The van der Waals surface area contributed by atoms with Gasteiger partial charge in [-0.3, -0.25) is 4.18 Å². The molecule has 0 bridgehead atoms. The van der Waals surface area contributed by atoms with Crippen molar-refractivity contribution in [3.05, 3.63) is 29.3 Å². The Morgan fingerprint density at radius 1 is 1.35 bits per heavy atom. The lowest BCUT2D eigenvalue weighted by atomic mass is 9.89.